The summed E-state index contributed by atoms with van der Waals surface area (Å²) in [5.41, 5.74) is -1.18. The van der Waals surface area contributed by atoms with Crippen LogP contribution in [0, 0.1) is 0 Å². The van der Waals surface area contributed by atoms with Crippen LogP contribution < -0.4 is 5.14 Å². The van der Waals surface area contributed by atoms with Crippen LogP contribution in [0.1, 0.15) is 5.69 Å². The predicted molar refractivity (Wildman–Crippen MR) is 85.8 cm³/mol. The SMILES string of the molecule is NS(=O)(=O)c1ccccc1-c1n[nH]c(C(F)(F)F)c1-c1ccccc1. The number of halogens is 3. The predicted octanol–water partition coefficient (Wildman–Crippen LogP) is 3.41. The molecular formula is C16H12F3N3O2S. The van der Waals surface area contributed by atoms with E-state index in [4.69, 9.17) is 5.14 Å². The molecule has 1 aromatic heterocycles. The van der Waals surface area contributed by atoms with Crippen LogP contribution >= 0.6 is 0 Å². The van der Waals surface area contributed by atoms with Gasteiger partial charge in [0.25, 0.3) is 0 Å². The maximum atomic E-state index is 13.4. The Labute approximate surface area is 141 Å². The summed E-state index contributed by atoms with van der Waals surface area (Å²) in [6.07, 6.45) is -4.69. The van der Waals surface area contributed by atoms with E-state index >= 15 is 0 Å². The van der Waals surface area contributed by atoms with Gasteiger partial charge in [0.2, 0.25) is 10.0 Å². The molecular weight excluding hydrogens is 355 g/mol. The molecule has 25 heavy (non-hydrogen) atoms. The van der Waals surface area contributed by atoms with Gasteiger partial charge in [0, 0.05) is 11.1 Å². The first kappa shape index (κ1) is 17.2. The van der Waals surface area contributed by atoms with Crippen LogP contribution in [-0.4, -0.2) is 18.6 Å². The molecule has 3 aromatic rings. The van der Waals surface area contributed by atoms with Crippen LogP contribution in [0.4, 0.5) is 13.2 Å². The molecule has 0 atom stereocenters. The molecule has 0 radical (unpaired) electrons. The van der Waals surface area contributed by atoms with E-state index < -0.39 is 21.9 Å². The first-order chi connectivity index (χ1) is 11.7. The van der Waals surface area contributed by atoms with Gasteiger partial charge in [-0.15, -0.1) is 0 Å². The summed E-state index contributed by atoms with van der Waals surface area (Å²) in [4.78, 5) is -0.299. The third-order valence-electron chi connectivity index (χ3n) is 3.56. The fourth-order valence-electron chi connectivity index (χ4n) is 2.54. The van der Waals surface area contributed by atoms with Gasteiger partial charge >= 0.3 is 6.18 Å². The van der Waals surface area contributed by atoms with Gasteiger partial charge < -0.3 is 0 Å². The number of H-pyrrole nitrogens is 1. The summed E-state index contributed by atoms with van der Waals surface area (Å²) in [5, 5.41) is 10.9. The van der Waals surface area contributed by atoms with Crippen molar-refractivity contribution >= 4 is 10.0 Å². The van der Waals surface area contributed by atoms with Crippen molar-refractivity contribution in [1.82, 2.24) is 10.2 Å². The number of rotatable bonds is 3. The summed E-state index contributed by atoms with van der Waals surface area (Å²) in [7, 11) is -4.14. The van der Waals surface area contributed by atoms with Gasteiger partial charge in [0.1, 0.15) is 11.4 Å². The third kappa shape index (κ3) is 3.28. The van der Waals surface area contributed by atoms with Crippen molar-refractivity contribution in [2.75, 3.05) is 0 Å². The van der Waals surface area contributed by atoms with Gasteiger partial charge in [-0.2, -0.15) is 18.3 Å². The highest BCUT2D eigenvalue weighted by Gasteiger charge is 2.38. The second-order valence-electron chi connectivity index (χ2n) is 5.23. The van der Waals surface area contributed by atoms with Gasteiger partial charge in [-0.25, -0.2) is 13.6 Å². The number of alkyl halides is 3. The van der Waals surface area contributed by atoms with Gasteiger partial charge in [-0.3, -0.25) is 5.10 Å². The van der Waals surface area contributed by atoms with E-state index in [0.29, 0.717) is 0 Å². The lowest BCUT2D eigenvalue weighted by Crippen LogP contribution is -2.13. The van der Waals surface area contributed by atoms with Crippen LogP contribution in [0.2, 0.25) is 0 Å². The van der Waals surface area contributed by atoms with Crippen LogP contribution in [0.3, 0.4) is 0 Å². The second kappa shape index (κ2) is 6.01. The minimum Gasteiger partial charge on any atom is -0.272 e. The molecule has 0 bridgehead atoms. The number of benzene rings is 2. The Morgan fingerprint density at radius 1 is 0.960 bits per heavy atom. The number of primary sulfonamides is 1. The Kier molecular flexibility index (Phi) is 4.13. The molecule has 130 valence electrons. The zero-order chi connectivity index (χ0) is 18.2. The number of nitrogens with one attached hydrogen (secondary N) is 1. The zero-order valence-electron chi connectivity index (χ0n) is 12.6. The van der Waals surface area contributed by atoms with Gasteiger partial charge in [0.05, 0.1) is 4.90 Å². The molecule has 0 amide bonds. The fraction of sp³-hybridized carbons (Fsp3) is 0.0625. The van der Waals surface area contributed by atoms with E-state index in [1.54, 1.807) is 18.2 Å². The molecule has 5 nitrogen and oxygen atoms in total. The van der Waals surface area contributed by atoms with E-state index in [-0.39, 0.29) is 27.3 Å². The third-order valence-corrected chi connectivity index (χ3v) is 4.53. The summed E-state index contributed by atoms with van der Waals surface area (Å²) in [6.45, 7) is 0. The van der Waals surface area contributed by atoms with Crippen molar-refractivity contribution in [3.63, 3.8) is 0 Å². The van der Waals surface area contributed by atoms with E-state index in [1.165, 1.54) is 36.4 Å². The number of aromatic amines is 1. The molecule has 9 heteroatoms. The number of hydrogen-bond donors (Lipinski definition) is 2. The van der Waals surface area contributed by atoms with Crippen molar-refractivity contribution in [2.24, 2.45) is 5.14 Å². The molecule has 0 aliphatic heterocycles. The Morgan fingerprint density at radius 3 is 2.16 bits per heavy atom. The number of hydrogen-bond acceptors (Lipinski definition) is 3. The molecule has 1 heterocycles. The quantitative estimate of drug-likeness (QED) is 0.743. The lowest BCUT2D eigenvalue weighted by atomic mass is 9.98. The monoisotopic (exact) mass is 367 g/mol. The highest BCUT2D eigenvalue weighted by Crippen LogP contribution is 2.42. The summed E-state index contributed by atoms with van der Waals surface area (Å²) in [6, 6.07) is 13.3. The Bertz CT molecular complexity index is 1010. The van der Waals surface area contributed by atoms with Crippen LogP contribution in [0.25, 0.3) is 22.4 Å². The zero-order valence-corrected chi connectivity index (χ0v) is 13.4. The van der Waals surface area contributed by atoms with E-state index in [9.17, 15) is 21.6 Å². The van der Waals surface area contributed by atoms with Crippen molar-refractivity contribution in [2.45, 2.75) is 11.1 Å². The second-order valence-corrected chi connectivity index (χ2v) is 6.76. The molecule has 3 rings (SSSR count). The van der Waals surface area contributed by atoms with Crippen LogP contribution in [-0.2, 0) is 16.2 Å². The molecule has 2 aromatic carbocycles. The van der Waals surface area contributed by atoms with Crippen molar-refractivity contribution < 1.29 is 21.6 Å². The Morgan fingerprint density at radius 2 is 1.56 bits per heavy atom. The number of nitrogens with two attached hydrogens (primary N) is 1. The largest absolute Gasteiger partial charge is 0.433 e. The lowest BCUT2D eigenvalue weighted by molar-refractivity contribution is -0.140. The minimum absolute atomic E-state index is 0.00407. The highest BCUT2D eigenvalue weighted by molar-refractivity contribution is 7.89. The maximum absolute atomic E-state index is 13.4. The molecule has 3 N–H and O–H groups in total. The van der Waals surface area contributed by atoms with E-state index in [1.807, 2.05) is 5.10 Å². The minimum atomic E-state index is -4.69. The van der Waals surface area contributed by atoms with Gasteiger partial charge in [0.15, 0.2) is 0 Å². The normalized spacial score (nSPS) is 12.3. The molecule has 0 saturated carbocycles. The van der Waals surface area contributed by atoms with Crippen LogP contribution in [0.15, 0.2) is 59.5 Å². The van der Waals surface area contributed by atoms with E-state index in [0.717, 1.165) is 0 Å². The van der Waals surface area contributed by atoms with E-state index in [2.05, 4.69) is 5.10 Å². The summed E-state index contributed by atoms with van der Waals surface area (Å²) < 4.78 is 63.7. The fourth-order valence-corrected chi connectivity index (χ4v) is 3.28. The molecule has 0 aliphatic rings. The maximum Gasteiger partial charge on any atom is 0.433 e. The molecule has 0 fully saturated rings. The smallest absolute Gasteiger partial charge is 0.272 e. The highest BCUT2D eigenvalue weighted by atomic mass is 32.2. The summed E-state index contributed by atoms with van der Waals surface area (Å²) in [5.74, 6) is 0. The van der Waals surface area contributed by atoms with Gasteiger partial charge in [-0.1, -0.05) is 48.5 Å². The van der Waals surface area contributed by atoms with Crippen molar-refractivity contribution in [3.05, 3.63) is 60.3 Å². The standard InChI is InChI=1S/C16H12F3N3O2S/c17-16(18,19)15-13(10-6-2-1-3-7-10)14(21-22-15)11-8-4-5-9-12(11)25(20,23)24/h1-9H,(H,21,22)(H2,20,23,24). The molecule has 0 unspecified atom stereocenters. The topological polar surface area (TPSA) is 88.8 Å². The first-order valence-electron chi connectivity index (χ1n) is 7.03. The average molecular weight is 367 g/mol. The Balaban J connectivity index is 2.36. The first-order valence-corrected chi connectivity index (χ1v) is 8.57. The number of nitrogens with zero attached hydrogens (tertiary/aromatic N) is 1. The lowest BCUT2D eigenvalue weighted by Gasteiger charge is -2.11. The molecule has 0 aliphatic carbocycles. The molecule has 0 spiro atoms. The van der Waals surface area contributed by atoms with Crippen molar-refractivity contribution in [3.8, 4) is 22.4 Å². The number of sulfonamides is 1. The number of aromatic nitrogens is 2. The Hall–Kier alpha value is -2.65. The van der Waals surface area contributed by atoms with Gasteiger partial charge in [-0.05, 0) is 11.6 Å². The molecule has 0 saturated heterocycles. The van der Waals surface area contributed by atoms with Crippen LogP contribution in [0.5, 0.6) is 0 Å². The van der Waals surface area contributed by atoms with Crippen molar-refractivity contribution in [1.29, 1.82) is 0 Å². The summed E-state index contributed by atoms with van der Waals surface area (Å²) >= 11 is 0. The average Bonchev–Trinajstić information content (AvgIpc) is 3.00.